The molecule has 334 valence electrons. The van der Waals surface area contributed by atoms with Gasteiger partial charge in [0.05, 0.1) is 57.6 Å². The van der Waals surface area contributed by atoms with Gasteiger partial charge >= 0.3 is 29.8 Å². The summed E-state index contributed by atoms with van der Waals surface area (Å²) in [6.07, 6.45) is 5.95. The number of carbonyl (C=O) groups is 7. The van der Waals surface area contributed by atoms with Gasteiger partial charge in [-0.25, -0.2) is 19.7 Å². The zero-order chi connectivity index (χ0) is 46.5. The fourth-order valence-electron chi connectivity index (χ4n) is 7.57. The standard InChI is InChI=1S/C49H44N2O12S2/c1-4-40(52)59-26-24-29-6-10-31(11-7-29)42(54)43(55)32-12-14-34(15-13-32)47(57)62-38-22-23-39(45-44(38)64-49(65-45)37(28-50)51-3)63-48(58)35-18-16-33(17-19-35)46(56)61-36-20-8-30(9-21-36)25-27-60-41(53)5-2/h4-11,20-23,32-35H,1-2,12-19,24-27H2/b49-37+. The second kappa shape index (κ2) is 22.7. The number of ether oxygens (including phenoxy) is 5. The number of hydrogen-bond acceptors (Lipinski definition) is 15. The summed E-state index contributed by atoms with van der Waals surface area (Å²) in [6, 6.07) is 18.4. The van der Waals surface area contributed by atoms with Gasteiger partial charge in [0, 0.05) is 36.5 Å². The molecule has 16 heteroatoms. The highest BCUT2D eigenvalue weighted by Gasteiger charge is 2.37. The van der Waals surface area contributed by atoms with Crippen molar-refractivity contribution in [2.24, 2.45) is 23.7 Å². The van der Waals surface area contributed by atoms with E-state index in [0.717, 1.165) is 46.8 Å². The number of ketones is 2. The second-order valence-corrected chi connectivity index (χ2v) is 17.7. The van der Waals surface area contributed by atoms with Crippen LogP contribution >= 0.6 is 23.5 Å². The quantitative estimate of drug-likeness (QED) is 0.0238. The molecule has 14 nitrogen and oxygen atoms in total. The van der Waals surface area contributed by atoms with E-state index in [1.54, 1.807) is 48.5 Å². The molecule has 1 heterocycles. The maximum absolute atomic E-state index is 13.5. The predicted molar refractivity (Wildman–Crippen MR) is 237 cm³/mol. The van der Waals surface area contributed by atoms with Crippen LogP contribution in [0.2, 0.25) is 0 Å². The zero-order valence-corrected chi connectivity index (χ0v) is 36.9. The van der Waals surface area contributed by atoms with E-state index < -0.39 is 65.1 Å². The number of nitriles is 1. The van der Waals surface area contributed by atoms with Crippen LogP contribution in [0.4, 0.5) is 0 Å². The third-order valence-corrected chi connectivity index (χ3v) is 13.9. The van der Waals surface area contributed by atoms with Gasteiger partial charge in [-0.05, 0) is 86.8 Å². The summed E-state index contributed by atoms with van der Waals surface area (Å²) in [7, 11) is 0. The van der Waals surface area contributed by atoms with Crippen molar-refractivity contribution in [1.29, 1.82) is 5.26 Å². The molecule has 65 heavy (non-hydrogen) atoms. The Bertz CT molecular complexity index is 2470. The van der Waals surface area contributed by atoms with Crippen LogP contribution in [-0.2, 0) is 51.1 Å². The molecule has 3 aliphatic rings. The van der Waals surface area contributed by atoms with Crippen molar-refractivity contribution in [3.63, 3.8) is 0 Å². The molecule has 2 aliphatic carbocycles. The Labute approximate surface area is 384 Å². The Morgan fingerprint density at radius 2 is 1.05 bits per heavy atom. The Balaban J connectivity index is 1.01. The molecular formula is C49H44N2O12S2. The lowest BCUT2D eigenvalue weighted by Gasteiger charge is -2.26. The molecule has 3 aromatic rings. The zero-order valence-electron chi connectivity index (χ0n) is 35.2. The van der Waals surface area contributed by atoms with Crippen molar-refractivity contribution < 1.29 is 57.2 Å². The van der Waals surface area contributed by atoms with Gasteiger partial charge in [-0.1, -0.05) is 73.1 Å². The molecule has 2 saturated carbocycles. The first-order valence-electron chi connectivity index (χ1n) is 21.0. The SMILES string of the molecule is [C-]#[N+]/C(C#N)=C1/Sc2c(OC(=O)C3CCC(C(=O)Oc4ccc(CCOC(=O)C=C)cc4)CC3)ccc(OC(=O)C3CCC(C(=O)C(=O)c4ccc(CCOC(=O)C=C)cc4)CC3)c2S1. The van der Waals surface area contributed by atoms with E-state index in [4.69, 9.17) is 30.3 Å². The summed E-state index contributed by atoms with van der Waals surface area (Å²) in [5.74, 6) is -4.89. The monoisotopic (exact) mass is 916 g/mol. The maximum Gasteiger partial charge on any atom is 0.330 e. The minimum atomic E-state index is -0.609. The highest BCUT2D eigenvalue weighted by Crippen LogP contribution is 2.59. The van der Waals surface area contributed by atoms with Crippen molar-refractivity contribution in [2.75, 3.05) is 13.2 Å². The number of allylic oxidation sites excluding steroid dienone is 1. The van der Waals surface area contributed by atoms with E-state index in [2.05, 4.69) is 18.0 Å². The lowest BCUT2D eigenvalue weighted by Crippen LogP contribution is -2.31. The van der Waals surface area contributed by atoms with Crippen molar-refractivity contribution >= 4 is 64.9 Å². The molecule has 2 fully saturated rings. The molecule has 0 spiro atoms. The molecule has 0 amide bonds. The number of nitrogens with zero attached hydrogens (tertiary/aromatic N) is 2. The lowest BCUT2D eigenvalue weighted by molar-refractivity contribution is -0.145. The van der Waals surface area contributed by atoms with Crippen molar-refractivity contribution in [1.82, 2.24) is 0 Å². The van der Waals surface area contributed by atoms with Gasteiger partial charge in [-0.2, -0.15) is 0 Å². The van der Waals surface area contributed by atoms with Crippen LogP contribution in [-0.4, -0.2) is 54.6 Å². The minimum Gasteiger partial charge on any atom is -0.462 e. The summed E-state index contributed by atoms with van der Waals surface area (Å²) in [6.45, 7) is 14.6. The first-order chi connectivity index (χ1) is 31.4. The number of esters is 5. The van der Waals surface area contributed by atoms with Gasteiger partial charge in [-0.15, -0.1) is 0 Å². The number of rotatable bonds is 17. The number of Topliss-reactive ketones (excluding diaryl/α,β-unsaturated/α-hetero) is 2. The molecule has 0 bridgehead atoms. The van der Waals surface area contributed by atoms with Crippen LogP contribution in [0.1, 0.15) is 72.9 Å². The highest BCUT2D eigenvalue weighted by atomic mass is 32.2. The summed E-state index contributed by atoms with van der Waals surface area (Å²) >= 11 is 2.14. The van der Waals surface area contributed by atoms with E-state index in [0.29, 0.717) is 84.0 Å². The number of hydrogen-bond donors (Lipinski definition) is 0. The molecule has 3 aromatic carbocycles. The number of thioether (sulfide) groups is 2. The van der Waals surface area contributed by atoms with E-state index in [-0.39, 0.29) is 36.0 Å². The van der Waals surface area contributed by atoms with Gasteiger partial charge in [0.2, 0.25) is 11.6 Å². The normalized spacial score (nSPS) is 19.4. The first-order valence-corrected chi connectivity index (χ1v) is 22.6. The second-order valence-electron chi connectivity index (χ2n) is 15.4. The summed E-state index contributed by atoms with van der Waals surface area (Å²) in [4.78, 5) is 93.0. The topological polar surface area (TPSA) is 194 Å². The summed E-state index contributed by atoms with van der Waals surface area (Å²) in [5.41, 5.74) is 1.81. The van der Waals surface area contributed by atoms with Crippen LogP contribution < -0.4 is 14.2 Å². The van der Waals surface area contributed by atoms with Crippen LogP contribution in [0.15, 0.2) is 106 Å². The van der Waals surface area contributed by atoms with Gasteiger partial charge < -0.3 is 23.7 Å². The average Bonchev–Trinajstić information content (AvgIpc) is 3.79. The Kier molecular flexibility index (Phi) is 16.7. The largest absolute Gasteiger partial charge is 0.462 e. The average molecular weight is 917 g/mol. The fourth-order valence-corrected chi connectivity index (χ4v) is 10.0. The Morgan fingerprint density at radius 1 is 0.631 bits per heavy atom. The number of fused-ring (bicyclic) bond motifs is 1. The van der Waals surface area contributed by atoms with E-state index in [9.17, 15) is 38.8 Å². The smallest absolute Gasteiger partial charge is 0.330 e. The third-order valence-electron chi connectivity index (χ3n) is 11.3. The highest BCUT2D eigenvalue weighted by molar-refractivity contribution is 8.24. The number of carbonyl (C=O) groups excluding carboxylic acids is 7. The molecule has 0 N–H and O–H groups in total. The van der Waals surface area contributed by atoms with Crippen LogP contribution in [0.3, 0.4) is 0 Å². The Hall–Kier alpha value is -6.75. The van der Waals surface area contributed by atoms with E-state index in [1.165, 1.54) is 12.1 Å². The van der Waals surface area contributed by atoms with Crippen LogP contribution in [0, 0.1) is 41.6 Å². The molecule has 6 rings (SSSR count). The van der Waals surface area contributed by atoms with Crippen molar-refractivity contribution in [3.8, 4) is 23.3 Å². The molecule has 0 radical (unpaired) electrons. The molecule has 0 aromatic heterocycles. The van der Waals surface area contributed by atoms with Gasteiger partial charge in [0.1, 0.15) is 17.2 Å². The summed E-state index contributed by atoms with van der Waals surface area (Å²) < 4.78 is 27.8. The summed E-state index contributed by atoms with van der Waals surface area (Å²) in [5, 5.41) is 9.63. The molecule has 1 aliphatic heterocycles. The Morgan fingerprint density at radius 3 is 1.46 bits per heavy atom. The maximum atomic E-state index is 13.5. The van der Waals surface area contributed by atoms with Gasteiger partial charge in [0.15, 0.2) is 0 Å². The van der Waals surface area contributed by atoms with Crippen molar-refractivity contribution in [2.45, 2.75) is 74.0 Å². The van der Waals surface area contributed by atoms with E-state index >= 15 is 0 Å². The van der Waals surface area contributed by atoms with Crippen LogP contribution in [0.25, 0.3) is 4.85 Å². The molecule has 0 atom stereocenters. The van der Waals surface area contributed by atoms with Crippen molar-refractivity contribution in [3.05, 3.63) is 124 Å². The lowest BCUT2D eigenvalue weighted by atomic mass is 9.78. The molecule has 0 saturated heterocycles. The fraction of sp³-hybridized carbons (Fsp3) is 0.327. The first kappa shape index (κ1) is 47.7. The number of benzene rings is 3. The third kappa shape index (κ3) is 12.5. The predicted octanol–water partition coefficient (Wildman–Crippen LogP) is 8.52. The van der Waals surface area contributed by atoms with Crippen LogP contribution in [0.5, 0.6) is 17.2 Å². The van der Waals surface area contributed by atoms with Gasteiger partial charge in [-0.3, -0.25) is 24.0 Å². The van der Waals surface area contributed by atoms with Gasteiger partial charge in [0.25, 0.3) is 5.70 Å². The van der Waals surface area contributed by atoms with E-state index in [1.807, 2.05) is 6.07 Å². The minimum absolute atomic E-state index is 0.151. The molecular weight excluding hydrogens is 873 g/mol. The molecule has 0 unspecified atom stereocenters.